The average Bonchev–Trinajstić information content (AvgIpc) is 2.96. The molecule has 110 valence electrons. The van der Waals surface area contributed by atoms with Crippen molar-refractivity contribution >= 4 is 11.9 Å². The molecule has 0 atom stereocenters. The van der Waals surface area contributed by atoms with E-state index >= 15 is 0 Å². The van der Waals surface area contributed by atoms with E-state index in [1.165, 1.54) is 13.8 Å². The quantitative estimate of drug-likeness (QED) is 0.216. The molecule has 0 saturated heterocycles. The molecular weight excluding hydrogens is 689 g/mol. The molecule has 0 unspecified atom stereocenters. The molecule has 0 amide bonds. The van der Waals surface area contributed by atoms with Crippen LogP contribution in [0, 0.1) is 48.5 Å². The number of carbonyl (C=O) groups is 2. The summed E-state index contributed by atoms with van der Waals surface area (Å²) in [6.07, 6.45) is 0. The van der Waals surface area contributed by atoms with Crippen molar-refractivity contribution in [3.05, 3.63) is 60.7 Å². The topological polar surface area (TPSA) is 79.9 Å². The molecule has 0 fully saturated rings. The Balaban J connectivity index is -0.0000000522. The van der Waals surface area contributed by atoms with Crippen LogP contribution in [-0.2, 0) is 82.0 Å². The second kappa shape index (κ2) is 28.2. The zero-order valence-corrected chi connectivity index (χ0v) is 23.8. The van der Waals surface area contributed by atoms with E-state index in [-0.39, 0.29) is 72.4 Å². The third kappa shape index (κ3) is 64.7. The van der Waals surface area contributed by atoms with Gasteiger partial charge >= 0.3 is 29.0 Å². The zero-order chi connectivity index (χ0) is 14.2. The van der Waals surface area contributed by atoms with Gasteiger partial charge in [-0.3, -0.25) is 0 Å². The molecule has 0 bridgehead atoms. The van der Waals surface area contributed by atoms with Gasteiger partial charge < -0.3 is 70.9 Å². The van der Waals surface area contributed by atoms with Crippen LogP contribution in [0.4, 0.5) is 0 Å². The van der Waals surface area contributed by atoms with Crippen LogP contribution in [0.3, 0.4) is 0 Å². The Morgan fingerprint density at radius 2 is 0.857 bits per heavy atom. The van der Waals surface area contributed by atoms with E-state index in [2.05, 4.69) is 48.5 Å². The molecule has 0 aliphatic carbocycles. The summed E-state index contributed by atoms with van der Waals surface area (Å²) in [5.41, 5.74) is 0. The van der Waals surface area contributed by atoms with Gasteiger partial charge in [0.15, 0.2) is 0 Å². The van der Waals surface area contributed by atoms with Crippen molar-refractivity contribution in [3.8, 4) is 0 Å². The third-order valence-corrected chi connectivity index (χ3v) is 0.702. The van der Waals surface area contributed by atoms with E-state index in [0.717, 1.165) is 0 Å². The van der Waals surface area contributed by atoms with Crippen LogP contribution in [-0.4, -0.2) is 22.2 Å². The smallest absolute Gasteiger partial charge is 0.999 e. The van der Waals surface area contributed by atoms with Gasteiger partial charge in [-0.05, 0) is 0 Å². The minimum absolute atomic E-state index is 0. The van der Waals surface area contributed by atoms with E-state index in [9.17, 15) is 0 Å². The van der Waals surface area contributed by atoms with E-state index < -0.39 is 11.9 Å². The SMILES string of the molecule is CC(=O)[OH2+].CC(=O)[OH2+].[Fe+2].[Hg].[Hg].[c-]1[c-][c-][cH-][c-]1.[c-]1[c-][c-][cH-][c-]1. The van der Waals surface area contributed by atoms with Crippen molar-refractivity contribution in [3.63, 3.8) is 0 Å². The minimum atomic E-state index is -0.583. The molecule has 0 aliphatic heterocycles. The monoisotopic (exact) mass is 704 g/mol. The fraction of sp³-hybridized carbons (Fsp3) is 0.143. The summed E-state index contributed by atoms with van der Waals surface area (Å²) in [6, 6.07) is 24.0. The summed E-state index contributed by atoms with van der Waals surface area (Å²) in [6.45, 7) is 2.39. The van der Waals surface area contributed by atoms with Crippen LogP contribution in [0.15, 0.2) is 12.1 Å². The maximum absolute atomic E-state index is 9.11. The molecule has 21 heavy (non-hydrogen) atoms. The van der Waals surface area contributed by atoms with Crippen molar-refractivity contribution < 1.29 is 92.2 Å². The molecule has 4 nitrogen and oxygen atoms in total. The van der Waals surface area contributed by atoms with Gasteiger partial charge in [0, 0.05) is 64.9 Å². The first-order valence-electron chi connectivity index (χ1n) is 4.56. The van der Waals surface area contributed by atoms with Gasteiger partial charge in [-0.1, -0.05) is 0 Å². The van der Waals surface area contributed by atoms with Crippen molar-refractivity contribution in [1.29, 1.82) is 0 Å². The maximum Gasteiger partial charge on any atom is 2.00 e. The second-order valence-electron chi connectivity index (χ2n) is 2.48. The fourth-order valence-corrected chi connectivity index (χ4v) is 0.361. The molecule has 0 radical (unpaired) electrons. The Bertz CT molecular complexity index is 295. The first-order valence-corrected chi connectivity index (χ1v) is 4.56. The summed E-state index contributed by atoms with van der Waals surface area (Å²) in [5.74, 6) is -1.17. The first-order chi connectivity index (χ1) is 8.46. The Hall–Kier alpha value is 0.0296. The normalized spacial score (nSPS) is 6.19. The van der Waals surface area contributed by atoms with Gasteiger partial charge in [0.25, 0.3) is 0 Å². The first kappa shape index (κ1) is 32.8. The molecule has 7 heteroatoms. The van der Waals surface area contributed by atoms with Gasteiger partial charge in [-0.25, -0.2) is 0 Å². The van der Waals surface area contributed by atoms with Crippen LogP contribution in [0.5, 0.6) is 0 Å². The Morgan fingerprint density at radius 1 is 0.714 bits per heavy atom. The van der Waals surface area contributed by atoms with Gasteiger partial charge in [0.05, 0.1) is 13.8 Å². The summed E-state index contributed by atoms with van der Waals surface area (Å²) < 4.78 is 0. The zero-order valence-electron chi connectivity index (χ0n) is 11.7. The van der Waals surface area contributed by atoms with Gasteiger partial charge in [-0.15, -0.1) is 0 Å². The molecule has 0 aliphatic rings. The van der Waals surface area contributed by atoms with Gasteiger partial charge in [0.2, 0.25) is 0 Å². The van der Waals surface area contributed by atoms with Crippen molar-refractivity contribution in [2.24, 2.45) is 0 Å². The van der Waals surface area contributed by atoms with Crippen LogP contribution in [0.2, 0.25) is 0 Å². The molecule has 0 spiro atoms. The standard InChI is InChI=1S/2C5H.2C2H4O2.Fe.2Hg/c2*1-2-4-5-3-1;2*1-2(3)4;;;/h2*1H;2*1H3,(H,3,4);;;/q2*-5;;;+2;;/p+2. The van der Waals surface area contributed by atoms with Crippen LogP contribution >= 0.6 is 0 Å². The predicted molar refractivity (Wildman–Crippen MR) is 63.3 cm³/mol. The molecule has 2 aromatic carbocycles. The summed E-state index contributed by atoms with van der Waals surface area (Å²) in [5, 5.41) is 11.9. The number of hydrogen-bond donors (Lipinski definition) is 0. The summed E-state index contributed by atoms with van der Waals surface area (Å²) >= 11 is 0. The van der Waals surface area contributed by atoms with E-state index in [4.69, 9.17) is 19.8 Å². The predicted octanol–water partition coefficient (Wildman–Crippen LogP) is -0.280. The Kier molecular flexibility index (Phi) is 44.1. The fourth-order valence-electron chi connectivity index (χ4n) is 0.361. The maximum atomic E-state index is 9.11. The van der Waals surface area contributed by atoms with E-state index in [0.29, 0.717) is 0 Å². The summed E-state index contributed by atoms with van der Waals surface area (Å²) in [4.78, 5) is 18.2. The van der Waals surface area contributed by atoms with Crippen molar-refractivity contribution in [1.82, 2.24) is 0 Å². The van der Waals surface area contributed by atoms with Crippen molar-refractivity contribution in [2.75, 3.05) is 0 Å². The van der Waals surface area contributed by atoms with Gasteiger partial charge in [0.1, 0.15) is 0 Å². The van der Waals surface area contributed by atoms with Crippen LogP contribution in [0.25, 0.3) is 0 Å². The molecule has 2 aromatic rings. The summed E-state index contributed by atoms with van der Waals surface area (Å²) in [7, 11) is 0. The van der Waals surface area contributed by atoms with E-state index in [1.54, 1.807) is 12.1 Å². The number of carbonyl (C=O) groups excluding carboxylic acids is 2. The molecule has 0 heterocycles. The molecule has 0 saturated carbocycles. The Morgan fingerprint density at radius 3 is 0.905 bits per heavy atom. The molecular formula is C14H12FeHg2O4-6. The second-order valence-corrected chi connectivity index (χ2v) is 2.48. The molecule has 4 N–H and O–H groups in total. The van der Waals surface area contributed by atoms with Crippen LogP contribution in [0.1, 0.15) is 13.8 Å². The molecule has 0 aromatic heterocycles. The molecule has 2 rings (SSSR count). The minimum Gasteiger partial charge on any atom is -0.999 e. The van der Waals surface area contributed by atoms with Crippen LogP contribution < -0.4 is 0 Å². The van der Waals surface area contributed by atoms with Crippen molar-refractivity contribution in [2.45, 2.75) is 13.8 Å². The number of hydrogen-bond acceptors (Lipinski definition) is 2. The van der Waals surface area contributed by atoms with E-state index in [1.807, 2.05) is 0 Å². The third-order valence-electron chi connectivity index (χ3n) is 0.702. The number of rotatable bonds is 0. The average molecular weight is 701 g/mol. The largest absolute Gasteiger partial charge is 2.00 e. The Labute approximate surface area is 177 Å². The van der Waals surface area contributed by atoms with Gasteiger partial charge in [-0.2, -0.15) is 0 Å².